The van der Waals surface area contributed by atoms with Gasteiger partial charge in [0.2, 0.25) is 0 Å². The van der Waals surface area contributed by atoms with Gasteiger partial charge in [0.25, 0.3) is 0 Å². The van der Waals surface area contributed by atoms with E-state index in [1.165, 1.54) is 25.3 Å². The third-order valence-electron chi connectivity index (χ3n) is 2.22. The standard InChI is InChI=1S/C10H10F5NO2/c1-2-16(6-7-4-3-5-18-7)8(17)9(11,12)10(13,14)15/h3-5H,2,6H2,1H3. The molecule has 1 heterocycles. The van der Waals surface area contributed by atoms with Crippen LogP contribution < -0.4 is 0 Å². The fourth-order valence-electron chi connectivity index (χ4n) is 1.24. The summed E-state index contributed by atoms with van der Waals surface area (Å²) >= 11 is 0. The molecule has 0 radical (unpaired) electrons. The van der Waals surface area contributed by atoms with Gasteiger partial charge in [0.15, 0.2) is 0 Å². The van der Waals surface area contributed by atoms with Gasteiger partial charge in [0, 0.05) is 6.54 Å². The maximum absolute atomic E-state index is 12.8. The van der Waals surface area contributed by atoms with Crippen LogP contribution in [-0.2, 0) is 11.3 Å². The number of hydrogen-bond donors (Lipinski definition) is 0. The molecular formula is C10H10F5NO2. The van der Waals surface area contributed by atoms with Gasteiger partial charge in [-0.05, 0) is 19.1 Å². The molecule has 1 aromatic rings. The predicted molar refractivity (Wildman–Crippen MR) is 50.8 cm³/mol. The lowest BCUT2D eigenvalue weighted by Crippen LogP contribution is -2.51. The second-order valence-electron chi connectivity index (χ2n) is 3.47. The minimum absolute atomic E-state index is 0.128. The van der Waals surface area contributed by atoms with Gasteiger partial charge in [-0.25, -0.2) is 0 Å². The molecule has 1 amide bonds. The summed E-state index contributed by atoms with van der Waals surface area (Å²) in [6.07, 6.45) is -4.67. The van der Waals surface area contributed by atoms with Crippen molar-refractivity contribution >= 4 is 5.91 Å². The second kappa shape index (κ2) is 4.95. The second-order valence-corrected chi connectivity index (χ2v) is 3.47. The Kier molecular flexibility index (Phi) is 3.98. The molecule has 1 aromatic heterocycles. The van der Waals surface area contributed by atoms with E-state index in [1.807, 2.05) is 0 Å². The van der Waals surface area contributed by atoms with Crippen molar-refractivity contribution in [1.29, 1.82) is 0 Å². The van der Waals surface area contributed by atoms with Crippen molar-refractivity contribution in [2.24, 2.45) is 0 Å². The molecule has 0 atom stereocenters. The summed E-state index contributed by atoms with van der Waals surface area (Å²) in [7, 11) is 0. The molecule has 0 saturated heterocycles. The highest BCUT2D eigenvalue weighted by molar-refractivity contribution is 5.84. The van der Waals surface area contributed by atoms with E-state index in [0.29, 0.717) is 4.90 Å². The van der Waals surface area contributed by atoms with Gasteiger partial charge in [0.05, 0.1) is 12.8 Å². The van der Waals surface area contributed by atoms with E-state index in [0.717, 1.165) is 0 Å². The topological polar surface area (TPSA) is 33.5 Å². The molecule has 0 aliphatic heterocycles. The Hall–Kier alpha value is -1.60. The van der Waals surface area contributed by atoms with Crippen molar-refractivity contribution in [3.63, 3.8) is 0 Å². The van der Waals surface area contributed by atoms with Crippen molar-refractivity contribution in [3.05, 3.63) is 24.2 Å². The summed E-state index contributed by atoms with van der Waals surface area (Å²) in [6.45, 7) is 0.576. The largest absolute Gasteiger partial charge is 0.467 e. The maximum atomic E-state index is 12.8. The first-order valence-corrected chi connectivity index (χ1v) is 4.96. The lowest BCUT2D eigenvalue weighted by molar-refractivity contribution is -0.274. The van der Waals surface area contributed by atoms with Gasteiger partial charge in [-0.1, -0.05) is 0 Å². The van der Waals surface area contributed by atoms with Crippen LogP contribution in [0, 0.1) is 0 Å². The number of furan rings is 1. The molecule has 0 aliphatic rings. The average molecular weight is 271 g/mol. The van der Waals surface area contributed by atoms with Crippen LogP contribution in [0.15, 0.2) is 22.8 Å². The van der Waals surface area contributed by atoms with Crippen molar-refractivity contribution in [1.82, 2.24) is 4.90 Å². The summed E-state index contributed by atoms with van der Waals surface area (Å²) in [5.41, 5.74) is 0. The highest BCUT2D eigenvalue weighted by Gasteiger charge is 2.64. The Morgan fingerprint density at radius 3 is 2.33 bits per heavy atom. The highest BCUT2D eigenvalue weighted by Crippen LogP contribution is 2.37. The van der Waals surface area contributed by atoms with Crippen LogP contribution in [0.1, 0.15) is 12.7 Å². The van der Waals surface area contributed by atoms with E-state index in [4.69, 9.17) is 4.42 Å². The average Bonchev–Trinajstić information content (AvgIpc) is 2.75. The first-order valence-electron chi connectivity index (χ1n) is 4.96. The Morgan fingerprint density at radius 2 is 1.94 bits per heavy atom. The van der Waals surface area contributed by atoms with Gasteiger partial charge >= 0.3 is 18.0 Å². The molecule has 0 aliphatic carbocycles. The minimum Gasteiger partial charge on any atom is -0.467 e. The molecule has 0 fully saturated rings. The molecule has 0 aromatic carbocycles. The molecule has 3 nitrogen and oxygen atoms in total. The van der Waals surface area contributed by atoms with Gasteiger partial charge in [-0.15, -0.1) is 0 Å². The monoisotopic (exact) mass is 271 g/mol. The van der Waals surface area contributed by atoms with Crippen LogP contribution in [0.2, 0.25) is 0 Å². The number of amides is 1. The molecule has 0 N–H and O–H groups in total. The molecule has 0 unspecified atom stereocenters. The van der Waals surface area contributed by atoms with Gasteiger partial charge in [-0.2, -0.15) is 22.0 Å². The summed E-state index contributed by atoms with van der Waals surface area (Å²) < 4.78 is 66.6. The van der Waals surface area contributed by atoms with Crippen LogP contribution >= 0.6 is 0 Å². The highest BCUT2D eigenvalue weighted by atomic mass is 19.4. The fourth-order valence-corrected chi connectivity index (χ4v) is 1.24. The number of nitrogens with zero attached hydrogens (tertiary/aromatic N) is 1. The molecule has 8 heteroatoms. The smallest absolute Gasteiger partial charge is 0.463 e. The quantitative estimate of drug-likeness (QED) is 0.789. The lowest BCUT2D eigenvalue weighted by atomic mass is 10.2. The molecule has 18 heavy (non-hydrogen) atoms. The van der Waals surface area contributed by atoms with Gasteiger partial charge in [0.1, 0.15) is 5.76 Å². The van der Waals surface area contributed by atoms with Crippen molar-refractivity contribution in [2.75, 3.05) is 6.54 Å². The summed E-state index contributed by atoms with van der Waals surface area (Å²) in [5, 5.41) is 0. The summed E-state index contributed by atoms with van der Waals surface area (Å²) in [5.74, 6) is -7.55. The zero-order valence-corrected chi connectivity index (χ0v) is 9.30. The number of alkyl halides is 5. The lowest BCUT2D eigenvalue weighted by Gasteiger charge is -2.26. The third kappa shape index (κ3) is 2.80. The van der Waals surface area contributed by atoms with Crippen LogP contribution in [-0.4, -0.2) is 29.5 Å². The van der Waals surface area contributed by atoms with Gasteiger partial charge < -0.3 is 9.32 Å². The Labute approximate surface area is 99.2 Å². The van der Waals surface area contributed by atoms with Crippen molar-refractivity contribution < 1.29 is 31.2 Å². The Bertz CT molecular complexity index is 399. The maximum Gasteiger partial charge on any atom is 0.463 e. The van der Waals surface area contributed by atoms with E-state index < -0.39 is 24.6 Å². The predicted octanol–water partition coefficient (Wildman–Crippen LogP) is 2.83. The number of hydrogen-bond acceptors (Lipinski definition) is 2. The van der Waals surface area contributed by atoms with E-state index >= 15 is 0 Å². The Morgan fingerprint density at radius 1 is 1.33 bits per heavy atom. The van der Waals surface area contributed by atoms with Crippen molar-refractivity contribution in [2.45, 2.75) is 25.6 Å². The fraction of sp³-hybridized carbons (Fsp3) is 0.500. The molecule has 0 spiro atoms. The molecular weight excluding hydrogens is 261 g/mol. The first-order chi connectivity index (χ1) is 8.20. The minimum atomic E-state index is -5.90. The zero-order chi connectivity index (χ0) is 14.0. The van der Waals surface area contributed by atoms with E-state index in [9.17, 15) is 26.7 Å². The number of rotatable bonds is 4. The first kappa shape index (κ1) is 14.5. The van der Waals surface area contributed by atoms with E-state index in [2.05, 4.69) is 0 Å². The number of carbonyl (C=O) groups is 1. The van der Waals surface area contributed by atoms with Crippen LogP contribution in [0.25, 0.3) is 0 Å². The molecule has 0 bridgehead atoms. The third-order valence-corrected chi connectivity index (χ3v) is 2.22. The van der Waals surface area contributed by atoms with E-state index in [1.54, 1.807) is 0 Å². The van der Waals surface area contributed by atoms with Crippen LogP contribution in [0.3, 0.4) is 0 Å². The Balaban J connectivity index is 2.86. The van der Waals surface area contributed by atoms with Crippen LogP contribution in [0.4, 0.5) is 22.0 Å². The number of carbonyl (C=O) groups excluding carboxylic acids is 1. The van der Waals surface area contributed by atoms with Crippen LogP contribution in [0.5, 0.6) is 0 Å². The zero-order valence-electron chi connectivity index (χ0n) is 9.30. The summed E-state index contributed by atoms with van der Waals surface area (Å²) in [4.78, 5) is 11.6. The summed E-state index contributed by atoms with van der Waals surface area (Å²) in [6, 6.07) is 2.82. The van der Waals surface area contributed by atoms with Gasteiger partial charge in [-0.3, -0.25) is 4.79 Å². The van der Waals surface area contributed by atoms with E-state index in [-0.39, 0.29) is 12.3 Å². The van der Waals surface area contributed by atoms with Crippen molar-refractivity contribution in [3.8, 4) is 0 Å². The molecule has 0 saturated carbocycles. The SMILES string of the molecule is CCN(Cc1ccco1)C(=O)C(F)(F)C(F)(F)F. The normalized spacial score (nSPS) is 12.6. The molecule has 102 valence electrons. The number of halogens is 5. The molecule has 1 rings (SSSR count).